The molecular weight excluding hydrogens is 302 g/mol. The number of rotatable bonds is 7. The largest absolute Gasteiger partial charge is 0.497 e. The van der Waals surface area contributed by atoms with Crippen LogP contribution in [-0.2, 0) is 17.6 Å². The lowest BCUT2D eigenvalue weighted by atomic mass is 10.0. The molecule has 0 radical (unpaired) electrons. The van der Waals surface area contributed by atoms with Gasteiger partial charge in [-0.1, -0.05) is 25.1 Å². The Labute approximate surface area is 143 Å². The Balaban J connectivity index is 2.04. The monoisotopic (exact) mass is 327 g/mol. The highest BCUT2D eigenvalue weighted by Gasteiger charge is 2.10. The summed E-state index contributed by atoms with van der Waals surface area (Å²) in [6.07, 6.45) is 1.94. The molecule has 0 bridgehead atoms. The van der Waals surface area contributed by atoms with E-state index in [4.69, 9.17) is 9.47 Å². The number of anilines is 1. The van der Waals surface area contributed by atoms with Crippen LogP contribution in [0.3, 0.4) is 0 Å². The molecule has 0 fully saturated rings. The molecule has 0 unspecified atom stereocenters. The second kappa shape index (κ2) is 8.39. The molecule has 128 valence electrons. The third kappa shape index (κ3) is 4.51. The Morgan fingerprint density at radius 2 is 1.75 bits per heavy atom. The van der Waals surface area contributed by atoms with Crippen LogP contribution >= 0.6 is 0 Å². The lowest BCUT2D eigenvalue weighted by Gasteiger charge is -2.13. The molecule has 2 aromatic carbocycles. The Kier molecular flexibility index (Phi) is 6.24. The lowest BCUT2D eigenvalue weighted by Crippen LogP contribution is -2.14. The van der Waals surface area contributed by atoms with Crippen molar-refractivity contribution in [2.75, 3.05) is 19.5 Å². The van der Waals surface area contributed by atoms with Gasteiger partial charge >= 0.3 is 0 Å². The van der Waals surface area contributed by atoms with Gasteiger partial charge in [-0.15, -0.1) is 0 Å². The van der Waals surface area contributed by atoms with E-state index in [1.807, 2.05) is 37.3 Å². The van der Waals surface area contributed by atoms with Crippen molar-refractivity contribution in [3.05, 3.63) is 53.1 Å². The van der Waals surface area contributed by atoms with Crippen molar-refractivity contribution in [1.29, 1.82) is 0 Å². The van der Waals surface area contributed by atoms with Gasteiger partial charge in [0.25, 0.3) is 0 Å². The van der Waals surface area contributed by atoms with Crippen molar-refractivity contribution >= 4 is 11.6 Å². The molecule has 0 spiro atoms. The highest BCUT2D eigenvalue weighted by Crippen LogP contribution is 2.24. The third-order valence-corrected chi connectivity index (χ3v) is 4.06. The number of benzene rings is 2. The molecule has 24 heavy (non-hydrogen) atoms. The van der Waals surface area contributed by atoms with Crippen molar-refractivity contribution in [3.63, 3.8) is 0 Å². The van der Waals surface area contributed by atoms with E-state index in [0.717, 1.165) is 40.3 Å². The van der Waals surface area contributed by atoms with Gasteiger partial charge in [0.15, 0.2) is 0 Å². The zero-order valence-electron chi connectivity index (χ0n) is 14.8. The molecule has 0 aliphatic heterocycles. The summed E-state index contributed by atoms with van der Waals surface area (Å²) in [5.41, 5.74) is 4.20. The van der Waals surface area contributed by atoms with Gasteiger partial charge in [0.1, 0.15) is 11.5 Å². The minimum atomic E-state index is 0.0146. The fourth-order valence-corrected chi connectivity index (χ4v) is 2.67. The summed E-state index contributed by atoms with van der Waals surface area (Å²) in [5.74, 6) is 1.48. The molecule has 0 atom stereocenters. The zero-order chi connectivity index (χ0) is 17.5. The summed E-state index contributed by atoms with van der Waals surface area (Å²) in [7, 11) is 3.24. The van der Waals surface area contributed by atoms with Gasteiger partial charge in [-0.25, -0.2) is 0 Å². The summed E-state index contributed by atoms with van der Waals surface area (Å²) in [6.45, 7) is 4.11. The van der Waals surface area contributed by atoms with E-state index in [9.17, 15) is 4.79 Å². The number of methoxy groups -OCH3 is 2. The minimum Gasteiger partial charge on any atom is -0.497 e. The van der Waals surface area contributed by atoms with Crippen LogP contribution < -0.4 is 14.8 Å². The molecule has 0 saturated carbocycles. The highest BCUT2D eigenvalue weighted by atomic mass is 16.5. The molecule has 4 nitrogen and oxygen atoms in total. The predicted molar refractivity (Wildman–Crippen MR) is 97.1 cm³/mol. The van der Waals surface area contributed by atoms with Crippen LogP contribution in [0, 0.1) is 6.92 Å². The molecule has 1 N–H and O–H groups in total. The molecule has 0 aliphatic rings. The summed E-state index contributed by atoms with van der Waals surface area (Å²) < 4.78 is 10.5. The quantitative estimate of drug-likeness (QED) is 0.831. The van der Waals surface area contributed by atoms with Crippen molar-refractivity contribution in [2.45, 2.75) is 33.1 Å². The van der Waals surface area contributed by atoms with Crippen LogP contribution in [0.2, 0.25) is 0 Å². The highest BCUT2D eigenvalue weighted by molar-refractivity contribution is 5.92. The van der Waals surface area contributed by atoms with Gasteiger partial charge in [-0.2, -0.15) is 0 Å². The van der Waals surface area contributed by atoms with Crippen LogP contribution in [-0.4, -0.2) is 20.1 Å². The van der Waals surface area contributed by atoms with Crippen LogP contribution in [0.5, 0.6) is 11.5 Å². The maximum atomic E-state index is 12.3. The molecule has 1 amide bonds. The number of hydrogen-bond donors (Lipinski definition) is 1. The Morgan fingerprint density at radius 3 is 2.33 bits per heavy atom. The minimum absolute atomic E-state index is 0.0146. The van der Waals surface area contributed by atoms with Crippen molar-refractivity contribution in [3.8, 4) is 11.5 Å². The smallest absolute Gasteiger partial charge is 0.224 e. The van der Waals surface area contributed by atoms with E-state index in [-0.39, 0.29) is 5.91 Å². The summed E-state index contributed by atoms with van der Waals surface area (Å²) >= 11 is 0. The maximum absolute atomic E-state index is 12.3. The average molecular weight is 327 g/mol. The van der Waals surface area contributed by atoms with E-state index < -0.39 is 0 Å². The maximum Gasteiger partial charge on any atom is 0.224 e. The Bertz CT molecular complexity index is 688. The van der Waals surface area contributed by atoms with E-state index >= 15 is 0 Å². The summed E-state index contributed by atoms with van der Waals surface area (Å²) in [5, 5.41) is 3.06. The van der Waals surface area contributed by atoms with Gasteiger partial charge in [-0.3, -0.25) is 4.79 Å². The zero-order valence-corrected chi connectivity index (χ0v) is 14.8. The second-order valence-corrected chi connectivity index (χ2v) is 5.73. The van der Waals surface area contributed by atoms with Gasteiger partial charge < -0.3 is 14.8 Å². The molecule has 2 rings (SSSR count). The van der Waals surface area contributed by atoms with Crippen LogP contribution in [0.1, 0.15) is 30.0 Å². The van der Waals surface area contributed by atoms with E-state index in [0.29, 0.717) is 12.8 Å². The van der Waals surface area contributed by atoms with Gasteiger partial charge in [0.2, 0.25) is 5.91 Å². The lowest BCUT2D eigenvalue weighted by molar-refractivity contribution is -0.116. The van der Waals surface area contributed by atoms with Gasteiger partial charge in [0.05, 0.1) is 14.2 Å². The fourth-order valence-electron chi connectivity index (χ4n) is 2.67. The first kappa shape index (κ1) is 17.9. The van der Waals surface area contributed by atoms with Crippen molar-refractivity contribution < 1.29 is 14.3 Å². The van der Waals surface area contributed by atoms with Gasteiger partial charge in [0, 0.05) is 18.2 Å². The number of carbonyl (C=O) groups is 1. The van der Waals surface area contributed by atoms with Crippen LogP contribution in [0.25, 0.3) is 0 Å². The topological polar surface area (TPSA) is 47.6 Å². The first-order valence-corrected chi connectivity index (χ1v) is 8.17. The van der Waals surface area contributed by atoms with Crippen molar-refractivity contribution in [2.24, 2.45) is 0 Å². The molecule has 0 aliphatic carbocycles. The second-order valence-electron chi connectivity index (χ2n) is 5.73. The van der Waals surface area contributed by atoms with E-state index in [2.05, 4.69) is 18.3 Å². The Hall–Kier alpha value is -2.49. The number of hydrogen-bond acceptors (Lipinski definition) is 3. The number of carbonyl (C=O) groups excluding carboxylic acids is 1. The number of amides is 1. The number of para-hydroxylation sites is 1. The molecular formula is C20H25NO3. The molecule has 4 heteroatoms. The predicted octanol–water partition coefficient (Wildman–Crippen LogP) is 4.15. The fraction of sp³-hybridized carbons (Fsp3) is 0.350. The number of ether oxygens (including phenoxy) is 2. The van der Waals surface area contributed by atoms with Gasteiger partial charge in [-0.05, 0) is 48.6 Å². The number of aryl methyl sites for hydroxylation is 3. The summed E-state index contributed by atoms with van der Waals surface area (Å²) in [4.78, 5) is 12.3. The first-order valence-electron chi connectivity index (χ1n) is 8.17. The van der Waals surface area contributed by atoms with E-state index in [1.165, 1.54) is 0 Å². The Morgan fingerprint density at radius 1 is 1.08 bits per heavy atom. The molecule has 2 aromatic rings. The molecule has 0 heterocycles. The molecule has 0 saturated heterocycles. The van der Waals surface area contributed by atoms with Crippen molar-refractivity contribution in [1.82, 2.24) is 0 Å². The summed E-state index contributed by atoms with van der Waals surface area (Å²) in [6, 6.07) is 11.8. The molecule has 0 aromatic heterocycles. The normalized spacial score (nSPS) is 10.3. The average Bonchev–Trinajstić information content (AvgIpc) is 2.61. The van der Waals surface area contributed by atoms with Crippen LogP contribution in [0.4, 0.5) is 5.69 Å². The van der Waals surface area contributed by atoms with Crippen LogP contribution in [0.15, 0.2) is 36.4 Å². The standard InChI is InChI=1S/C20H25NO3/c1-5-16-8-6-7-14(2)20(16)21-19(22)10-9-15-11-17(23-3)13-18(12-15)24-4/h6-8,11-13H,5,9-10H2,1-4H3,(H,21,22). The SMILES string of the molecule is CCc1cccc(C)c1NC(=O)CCc1cc(OC)cc(OC)c1. The van der Waals surface area contributed by atoms with E-state index in [1.54, 1.807) is 14.2 Å². The third-order valence-electron chi connectivity index (χ3n) is 4.06. The number of nitrogens with one attached hydrogen (secondary N) is 1. The first-order chi connectivity index (χ1) is 11.6.